The molecule has 0 atom stereocenters. The van der Waals surface area contributed by atoms with Crippen LogP contribution < -0.4 is 4.72 Å². The molecule has 0 rings (SSSR count). The van der Waals surface area contributed by atoms with Gasteiger partial charge < -0.3 is 22.3 Å². The van der Waals surface area contributed by atoms with Crippen LogP contribution in [-0.4, -0.2) is 13.1 Å². The highest BCUT2D eigenvalue weighted by Gasteiger charge is 1.80. The number of nitrogens with two attached hydrogens (primary N) is 1. The van der Waals surface area contributed by atoms with Gasteiger partial charge in [0.15, 0.2) is 0 Å². The van der Waals surface area contributed by atoms with E-state index < -0.39 is 0 Å². The van der Waals surface area contributed by atoms with E-state index in [1.165, 1.54) is 11.8 Å². The van der Waals surface area contributed by atoms with Gasteiger partial charge in [-0.15, -0.1) is 0 Å². The van der Waals surface area contributed by atoms with Gasteiger partial charge in [-0.1, -0.05) is 0 Å². The lowest BCUT2D eigenvalue weighted by Crippen LogP contribution is -2.82. The minimum atomic E-state index is 0.0324. The van der Waals surface area contributed by atoms with Crippen molar-refractivity contribution < 1.29 is 9.46 Å². The monoisotopic (exact) mass is 106 g/mol. The van der Waals surface area contributed by atoms with Gasteiger partial charge in [-0.05, 0) is 0 Å². The summed E-state index contributed by atoms with van der Waals surface area (Å²) in [5, 5.41) is 6.60. The predicted molar refractivity (Wildman–Crippen MR) is 24.0 cm³/mol. The van der Waals surface area contributed by atoms with E-state index in [1.807, 2.05) is 0 Å². The zero-order valence-corrected chi connectivity index (χ0v) is 4.21. The molecule has 4 heteroatoms. The van der Waals surface area contributed by atoms with Gasteiger partial charge in [0.25, 0.3) is 0 Å². The topological polar surface area (TPSA) is 49.7 Å². The molecule has 0 heterocycles. The van der Waals surface area contributed by atoms with Crippen LogP contribution in [0, 0.1) is 5.41 Å². The minimum Gasteiger partial charge on any atom is -0.487 e. The highest BCUT2D eigenvalue weighted by Crippen LogP contribution is 1.49. The van der Waals surface area contributed by atoms with Crippen molar-refractivity contribution in [2.75, 3.05) is 7.11 Å². The van der Waals surface area contributed by atoms with Crippen molar-refractivity contribution in [1.82, 2.24) is 0 Å². The Bertz CT molecular complexity index is 49.5. The molecule has 3 nitrogen and oxygen atoms in total. The van der Waals surface area contributed by atoms with Crippen LogP contribution in [0.5, 0.6) is 0 Å². The van der Waals surface area contributed by atoms with Crippen molar-refractivity contribution >= 4 is 18.8 Å². The average Bonchev–Trinajstić information content (AvgIpc) is 1.65. The minimum absolute atomic E-state index is 0.0324. The summed E-state index contributed by atoms with van der Waals surface area (Å²) in [6.45, 7) is 0. The van der Waals surface area contributed by atoms with Crippen molar-refractivity contribution in [1.29, 1.82) is 5.41 Å². The smallest absolute Gasteiger partial charge is 0.369 e. The Morgan fingerprint density at radius 3 is 2.50 bits per heavy atom. The Hall–Kier alpha value is -0.220. The third-order valence-electron chi connectivity index (χ3n) is 0.327. The largest absolute Gasteiger partial charge is 0.487 e. The summed E-state index contributed by atoms with van der Waals surface area (Å²) in [5.41, 5.74) is 0. The maximum absolute atomic E-state index is 6.60. The van der Waals surface area contributed by atoms with Crippen molar-refractivity contribution in [3.05, 3.63) is 0 Å². The Kier molecular flexibility index (Phi) is 2.88. The third-order valence-corrected chi connectivity index (χ3v) is 0.541. The molecule has 3 N–H and O–H groups in total. The number of ether oxygens (including phenoxy) is 1. The lowest BCUT2D eigenvalue weighted by Gasteiger charge is -1.97. The van der Waals surface area contributed by atoms with E-state index in [2.05, 4.69) is 17.6 Å². The molecule has 0 fully saturated rings. The molecule has 0 saturated heterocycles. The van der Waals surface area contributed by atoms with E-state index in [4.69, 9.17) is 5.41 Å². The highest BCUT2D eigenvalue weighted by atomic mass is 32.1. The van der Waals surface area contributed by atoms with Crippen LogP contribution in [0.25, 0.3) is 0 Å². The molecule has 0 bridgehead atoms. The molecule has 0 aliphatic rings. The van der Waals surface area contributed by atoms with E-state index in [9.17, 15) is 0 Å². The molecule has 0 radical (unpaired) electrons. The van der Waals surface area contributed by atoms with Gasteiger partial charge in [-0.3, -0.25) is 0 Å². The molecule has 6 heavy (non-hydrogen) atoms. The van der Waals surface area contributed by atoms with Crippen LogP contribution in [0.15, 0.2) is 0 Å². The Labute approximate surface area is 41.7 Å². The van der Waals surface area contributed by atoms with Crippen molar-refractivity contribution in [3.63, 3.8) is 0 Å². The quantitative estimate of drug-likeness (QED) is 0.226. The maximum atomic E-state index is 6.60. The van der Waals surface area contributed by atoms with Crippen molar-refractivity contribution in [2.45, 2.75) is 0 Å². The second-order valence-corrected chi connectivity index (χ2v) is 0.922. The summed E-state index contributed by atoms with van der Waals surface area (Å²) >= 11 is 4.30. The molecule has 0 saturated carbocycles. The van der Waals surface area contributed by atoms with E-state index >= 15 is 0 Å². The number of quaternary nitrogens is 1. The van der Waals surface area contributed by atoms with E-state index in [1.54, 1.807) is 0 Å². The number of amidine groups is 1. The first-order valence-electron chi connectivity index (χ1n) is 1.39. The molecule has 0 amide bonds. The van der Waals surface area contributed by atoms with Crippen molar-refractivity contribution in [3.8, 4) is 0 Å². The van der Waals surface area contributed by atoms with Crippen LogP contribution in [0.4, 0.5) is 0 Å². The molecule has 0 spiro atoms. The Balaban J connectivity index is 2.99. The number of methoxy groups -OCH3 is 1. The zero-order valence-electron chi connectivity index (χ0n) is 3.39. The standard InChI is InChI=1S/C2H6N2OS/c1-5-2(3)4-6/h3H,4H2,1H3. The normalized spacial score (nSPS) is 7.67. The first kappa shape index (κ1) is 5.78. The van der Waals surface area contributed by atoms with Crippen LogP contribution >= 0.6 is 0 Å². The summed E-state index contributed by atoms with van der Waals surface area (Å²) in [6.07, 6.45) is 0. The fraction of sp³-hybridized carbons (Fsp3) is 0.500. The SMILES string of the molecule is COC(=N)[NH2+][S-]. The average molecular weight is 106 g/mol. The Morgan fingerprint density at radius 2 is 2.50 bits per heavy atom. The Morgan fingerprint density at radius 1 is 2.00 bits per heavy atom. The summed E-state index contributed by atoms with van der Waals surface area (Å²) in [5.74, 6) is 0. The summed E-state index contributed by atoms with van der Waals surface area (Å²) in [7, 11) is 1.41. The lowest BCUT2D eigenvalue weighted by molar-refractivity contribution is -0.364. The van der Waals surface area contributed by atoms with Crippen LogP contribution in [0.1, 0.15) is 0 Å². The molecule has 0 aromatic rings. The number of hydrogen-bond acceptors (Lipinski definition) is 3. The molecule has 0 aromatic heterocycles. The van der Waals surface area contributed by atoms with Crippen LogP contribution in [-0.2, 0) is 17.6 Å². The van der Waals surface area contributed by atoms with E-state index in [0.29, 0.717) is 0 Å². The maximum Gasteiger partial charge on any atom is 0.369 e. The number of hydrogen-bond donors (Lipinski definition) is 2. The van der Waals surface area contributed by atoms with Gasteiger partial charge in [0, 0.05) is 0 Å². The zero-order chi connectivity index (χ0) is 4.99. The van der Waals surface area contributed by atoms with E-state index in [0.717, 1.165) is 0 Å². The first-order valence-corrected chi connectivity index (χ1v) is 1.86. The molecule has 0 aromatic carbocycles. The van der Waals surface area contributed by atoms with E-state index in [-0.39, 0.29) is 6.02 Å². The van der Waals surface area contributed by atoms with Crippen LogP contribution in [0.3, 0.4) is 0 Å². The second kappa shape index (κ2) is 2.99. The predicted octanol–water partition coefficient (Wildman–Crippen LogP) is -1.41. The van der Waals surface area contributed by atoms with Crippen molar-refractivity contribution in [2.24, 2.45) is 0 Å². The first-order chi connectivity index (χ1) is 2.81. The summed E-state index contributed by atoms with van der Waals surface area (Å²) in [4.78, 5) is 0. The summed E-state index contributed by atoms with van der Waals surface area (Å²) in [6, 6.07) is 0.0324. The highest BCUT2D eigenvalue weighted by molar-refractivity contribution is 7.51. The van der Waals surface area contributed by atoms with Gasteiger partial charge in [-0.2, -0.15) is 0 Å². The molecule has 0 aliphatic carbocycles. The van der Waals surface area contributed by atoms with Gasteiger partial charge in [0.05, 0.1) is 7.11 Å². The van der Waals surface area contributed by atoms with Crippen LogP contribution in [0.2, 0.25) is 0 Å². The second-order valence-electron chi connectivity index (χ2n) is 0.686. The molecular formula is C2H6N2OS. The van der Waals surface area contributed by atoms with Gasteiger partial charge >= 0.3 is 6.02 Å². The van der Waals surface area contributed by atoms with Gasteiger partial charge in [0.1, 0.15) is 0 Å². The molecular weight excluding hydrogens is 100 g/mol. The fourth-order valence-electron chi connectivity index (χ4n) is 0.0481. The number of nitrogens with one attached hydrogen (secondary N) is 1. The number of rotatable bonds is 0. The summed E-state index contributed by atoms with van der Waals surface area (Å²) < 4.78 is 5.49. The lowest BCUT2D eigenvalue weighted by atomic mass is 11.2. The van der Waals surface area contributed by atoms with Gasteiger partial charge in [0.2, 0.25) is 0 Å². The molecule has 0 aliphatic heterocycles. The molecule has 36 valence electrons. The third kappa shape index (κ3) is 2.04. The molecule has 0 unspecified atom stereocenters. The van der Waals surface area contributed by atoms with Gasteiger partial charge in [-0.25, -0.2) is 5.41 Å². The fourth-order valence-corrected chi connectivity index (χ4v) is 0.144.